The molecular weight excluding hydrogens is 427 g/mol. The third-order valence-electron chi connectivity index (χ3n) is 5.49. The average Bonchev–Trinajstić information content (AvgIpc) is 2.77. The number of halogens is 1. The number of hydrogen-bond acceptors (Lipinski definition) is 6. The Balaban J connectivity index is 2.16. The summed E-state index contributed by atoms with van der Waals surface area (Å²) in [6.07, 6.45) is 2.73. The lowest BCUT2D eigenvalue weighted by atomic mass is 9.88. The largest absolute Gasteiger partial charge is 0.492 e. The molecule has 3 rings (SSSR count). The zero-order chi connectivity index (χ0) is 24.0. The molecule has 0 aromatic heterocycles. The zero-order valence-corrected chi connectivity index (χ0v) is 19.5. The van der Waals surface area contributed by atoms with Gasteiger partial charge in [-0.25, -0.2) is 4.39 Å². The van der Waals surface area contributed by atoms with Gasteiger partial charge in [0.05, 0.1) is 26.2 Å². The van der Waals surface area contributed by atoms with Gasteiger partial charge in [0.15, 0.2) is 11.5 Å². The number of carbonyl (C=O) groups is 1. The summed E-state index contributed by atoms with van der Waals surface area (Å²) in [6, 6.07) is 8.12. The Labute approximate surface area is 193 Å². The number of methoxy groups -OCH3 is 2. The SMILES string of the molecule is COCCOc1cc(C(C)C)c(/C=C/C2CC(O)CC(=O)O2)c(-c2ccc(F)cc2)c1OC. The van der Waals surface area contributed by atoms with E-state index in [2.05, 4.69) is 13.8 Å². The Morgan fingerprint density at radius 3 is 2.55 bits per heavy atom. The number of carbonyl (C=O) groups excluding carboxylic acids is 1. The second-order valence-electron chi connectivity index (χ2n) is 8.27. The molecule has 33 heavy (non-hydrogen) atoms. The number of rotatable bonds is 9. The molecule has 0 amide bonds. The van der Waals surface area contributed by atoms with E-state index in [4.69, 9.17) is 18.9 Å². The molecule has 178 valence electrons. The van der Waals surface area contributed by atoms with Crippen molar-refractivity contribution in [3.8, 4) is 22.6 Å². The summed E-state index contributed by atoms with van der Waals surface area (Å²) < 4.78 is 35.9. The molecule has 1 N–H and O–H groups in total. The minimum absolute atomic E-state index is 0.00372. The van der Waals surface area contributed by atoms with Gasteiger partial charge in [-0.05, 0) is 46.9 Å². The summed E-state index contributed by atoms with van der Waals surface area (Å²) in [5.74, 6) is 0.441. The maximum Gasteiger partial charge on any atom is 0.309 e. The van der Waals surface area contributed by atoms with Crippen LogP contribution in [0, 0.1) is 5.82 Å². The standard InChI is InChI=1S/C26H31FO6/c1-16(2)22-15-23(32-12-11-30-3)26(31-4)25(17-5-7-18(27)8-6-17)21(22)10-9-20-13-19(28)14-24(29)33-20/h5-10,15-16,19-20,28H,11-14H2,1-4H3/b10-9+. The highest BCUT2D eigenvalue weighted by atomic mass is 19.1. The van der Waals surface area contributed by atoms with E-state index < -0.39 is 18.2 Å². The van der Waals surface area contributed by atoms with Crippen molar-refractivity contribution in [2.24, 2.45) is 0 Å². The van der Waals surface area contributed by atoms with Crippen LogP contribution in [0.1, 0.15) is 43.7 Å². The number of esters is 1. The van der Waals surface area contributed by atoms with Crippen molar-refractivity contribution in [3.63, 3.8) is 0 Å². The molecular formula is C26H31FO6. The van der Waals surface area contributed by atoms with Crippen LogP contribution in [0.4, 0.5) is 4.39 Å². The molecule has 2 aromatic carbocycles. The molecule has 0 bridgehead atoms. The Morgan fingerprint density at radius 2 is 1.94 bits per heavy atom. The molecule has 1 heterocycles. The van der Waals surface area contributed by atoms with Crippen LogP contribution in [0.2, 0.25) is 0 Å². The fraction of sp³-hybridized carbons (Fsp3) is 0.423. The maximum atomic E-state index is 13.7. The van der Waals surface area contributed by atoms with Gasteiger partial charge in [-0.2, -0.15) is 0 Å². The molecule has 1 aliphatic rings. The molecule has 0 aliphatic carbocycles. The van der Waals surface area contributed by atoms with Crippen LogP contribution in [-0.2, 0) is 14.3 Å². The van der Waals surface area contributed by atoms with E-state index in [9.17, 15) is 14.3 Å². The fourth-order valence-electron chi connectivity index (χ4n) is 3.91. The van der Waals surface area contributed by atoms with Crippen molar-refractivity contribution in [1.82, 2.24) is 0 Å². The van der Waals surface area contributed by atoms with Crippen molar-refractivity contribution in [2.45, 2.75) is 44.8 Å². The predicted octanol–water partition coefficient (Wildman–Crippen LogP) is 4.73. The predicted molar refractivity (Wildman–Crippen MR) is 124 cm³/mol. The highest BCUT2D eigenvalue weighted by Gasteiger charge is 2.26. The van der Waals surface area contributed by atoms with E-state index in [1.807, 2.05) is 12.1 Å². The second kappa shape index (κ2) is 11.3. The summed E-state index contributed by atoms with van der Waals surface area (Å²) in [7, 11) is 3.17. The van der Waals surface area contributed by atoms with Crippen LogP contribution in [0.5, 0.6) is 11.5 Å². The second-order valence-corrected chi connectivity index (χ2v) is 8.27. The lowest BCUT2D eigenvalue weighted by Gasteiger charge is -2.25. The zero-order valence-electron chi connectivity index (χ0n) is 19.5. The molecule has 6 nitrogen and oxygen atoms in total. The van der Waals surface area contributed by atoms with Gasteiger partial charge in [-0.3, -0.25) is 4.79 Å². The van der Waals surface area contributed by atoms with Crippen LogP contribution >= 0.6 is 0 Å². The van der Waals surface area contributed by atoms with Gasteiger partial charge < -0.3 is 24.1 Å². The highest BCUT2D eigenvalue weighted by molar-refractivity contribution is 5.85. The number of cyclic esters (lactones) is 1. The van der Waals surface area contributed by atoms with Crippen molar-refractivity contribution in [2.75, 3.05) is 27.4 Å². The lowest BCUT2D eigenvalue weighted by Crippen LogP contribution is -2.31. The van der Waals surface area contributed by atoms with Gasteiger partial charge in [-0.1, -0.05) is 32.1 Å². The third kappa shape index (κ3) is 6.12. The molecule has 7 heteroatoms. The van der Waals surface area contributed by atoms with Crippen LogP contribution in [0.25, 0.3) is 17.2 Å². The molecule has 0 saturated carbocycles. The van der Waals surface area contributed by atoms with Gasteiger partial charge in [0.2, 0.25) is 0 Å². The molecule has 2 atom stereocenters. The maximum absolute atomic E-state index is 13.7. The van der Waals surface area contributed by atoms with E-state index >= 15 is 0 Å². The third-order valence-corrected chi connectivity index (χ3v) is 5.49. The molecule has 2 aromatic rings. The summed E-state index contributed by atoms with van der Waals surface area (Å²) in [4.78, 5) is 11.8. The average molecular weight is 459 g/mol. The Morgan fingerprint density at radius 1 is 1.21 bits per heavy atom. The molecule has 0 radical (unpaired) electrons. The van der Waals surface area contributed by atoms with Gasteiger partial charge in [0.1, 0.15) is 18.5 Å². The number of hydrogen-bond donors (Lipinski definition) is 1. The number of benzene rings is 2. The topological polar surface area (TPSA) is 74.2 Å². The first-order valence-electron chi connectivity index (χ1n) is 11.0. The Kier molecular flexibility index (Phi) is 8.47. The van der Waals surface area contributed by atoms with Crippen LogP contribution in [0.3, 0.4) is 0 Å². The van der Waals surface area contributed by atoms with Crippen molar-refractivity contribution < 1.29 is 33.2 Å². The van der Waals surface area contributed by atoms with Crippen molar-refractivity contribution in [3.05, 3.63) is 53.4 Å². The first kappa shape index (κ1) is 24.7. The van der Waals surface area contributed by atoms with E-state index in [1.165, 1.54) is 12.1 Å². The molecule has 2 unspecified atom stereocenters. The highest BCUT2D eigenvalue weighted by Crippen LogP contribution is 2.45. The van der Waals surface area contributed by atoms with Crippen molar-refractivity contribution in [1.29, 1.82) is 0 Å². The first-order chi connectivity index (χ1) is 15.8. The summed E-state index contributed by atoms with van der Waals surface area (Å²) in [6.45, 7) is 4.90. The molecule has 1 fully saturated rings. The van der Waals surface area contributed by atoms with Gasteiger partial charge >= 0.3 is 5.97 Å². The molecule has 1 aliphatic heterocycles. The van der Waals surface area contributed by atoms with E-state index in [0.29, 0.717) is 31.1 Å². The number of aliphatic hydroxyl groups is 1. The minimum atomic E-state index is -0.729. The quantitative estimate of drug-likeness (QED) is 0.433. The summed E-state index contributed by atoms with van der Waals surface area (Å²) in [5.41, 5.74) is 3.34. The lowest BCUT2D eigenvalue weighted by molar-refractivity contribution is -0.156. The Hall–Kier alpha value is -2.90. The molecule has 1 saturated heterocycles. The number of aliphatic hydroxyl groups excluding tert-OH is 1. The minimum Gasteiger partial charge on any atom is -0.492 e. The van der Waals surface area contributed by atoms with Crippen LogP contribution in [-0.4, -0.2) is 50.7 Å². The van der Waals surface area contributed by atoms with Crippen molar-refractivity contribution >= 4 is 12.0 Å². The summed E-state index contributed by atoms with van der Waals surface area (Å²) in [5, 5.41) is 9.95. The van der Waals surface area contributed by atoms with E-state index in [-0.39, 0.29) is 18.2 Å². The monoisotopic (exact) mass is 458 g/mol. The van der Waals surface area contributed by atoms with Gasteiger partial charge in [0.25, 0.3) is 0 Å². The summed E-state index contributed by atoms with van der Waals surface area (Å²) >= 11 is 0. The first-order valence-corrected chi connectivity index (χ1v) is 11.0. The van der Waals surface area contributed by atoms with E-state index in [1.54, 1.807) is 32.4 Å². The number of ether oxygens (including phenoxy) is 4. The van der Waals surface area contributed by atoms with Crippen LogP contribution < -0.4 is 9.47 Å². The smallest absolute Gasteiger partial charge is 0.309 e. The van der Waals surface area contributed by atoms with Gasteiger partial charge in [-0.15, -0.1) is 0 Å². The molecule has 0 spiro atoms. The van der Waals surface area contributed by atoms with Crippen LogP contribution in [0.15, 0.2) is 36.4 Å². The Bertz CT molecular complexity index is 983. The van der Waals surface area contributed by atoms with E-state index in [0.717, 1.165) is 22.3 Å². The normalized spacial score (nSPS) is 18.6. The van der Waals surface area contributed by atoms with Gasteiger partial charge in [0, 0.05) is 19.1 Å². The fourth-order valence-corrected chi connectivity index (χ4v) is 3.91.